The molecule has 0 aliphatic heterocycles. The van der Waals surface area contributed by atoms with Gasteiger partial charge in [0.1, 0.15) is 28.9 Å². The van der Waals surface area contributed by atoms with Gasteiger partial charge in [0.2, 0.25) is 0 Å². The molecule has 2 atom stereocenters. The minimum Gasteiger partial charge on any atom is -0.480 e. The van der Waals surface area contributed by atoms with E-state index in [-0.39, 0.29) is 17.0 Å². The van der Waals surface area contributed by atoms with E-state index < -0.39 is 23.1 Å². The summed E-state index contributed by atoms with van der Waals surface area (Å²) < 4.78 is 13.5. The molecule has 0 spiro atoms. The Morgan fingerprint density at radius 2 is 1.78 bits per heavy atom. The molecule has 1 aliphatic rings. The molecule has 3 aromatic heterocycles. The fourth-order valence-electron chi connectivity index (χ4n) is 5.76. The lowest BCUT2D eigenvalue weighted by molar-refractivity contribution is -0.111. The van der Waals surface area contributed by atoms with Crippen molar-refractivity contribution in [1.29, 1.82) is 0 Å². The Morgan fingerprint density at radius 3 is 2.49 bits per heavy atom. The van der Waals surface area contributed by atoms with Crippen molar-refractivity contribution < 1.29 is 23.9 Å². The number of urea groups is 1. The SMILES string of the molecule is COCCN(C)CCNC(=O)c1cc(NC(=O)N[C@@]2(C=O)C=C[C@@H](Oc3ccc4nnc(C(C)(C)C)n4c3)c3ccccc32)cc(C(C)(C)C)n1. The van der Waals surface area contributed by atoms with Crippen molar-refractivity contribution >= 4 is 29.6 Å². The van der Waals surface area contributed by atoms with Crippen LogP contribution < -0.4 is 20.7 Å². The lowest BCUT2D eigenvalue weighted by Gasteiger charge is -2.34. The number of rotatable bonds is 12. The summed E-state index contributed by atoms with van der Waals surface area (Å²) in [5, 5.41) is 17.3. The van der Waals surface area contributed by atoms with Crippen LogP contribution in [-0.2, 0) is 25.9 Å². The third-order valence-electron chi connectivity index (χ3n) is 8.60. The second-order valence-corrected chi connectivity index (χ2v) is 14.8. The number of amides is 3. The zero-order valence-corrected chi connectivity index (χ0v) is 30.6. The number of anilines is 1. The number of fused-ring (bicyclic) bond motifs is 2. The number of methoxy groups -OCH3 is 1. The molecule has 3 amide bonds. The van der Waals surface area contributed by atoms with E-state index in [1.54, 1.807) is 31.4 Å². The van der Waals surface area contributed by atoms with Gasteiger partial charge in [0, 0.05) is 54.5 Å². The standard InChI is InChI=1S/C38H48N8O5/c1-36(2,3)31-22-25(21-29(41-31)33(48)39-17-18-45(7)19-20-50-8)40-35(49)42-38(24-47)16-15-30(27-11-9-10-12-28(27)38)51-26-13-14-32-43-44-34(37(4,5)6)46(32)23-26/h9-16,21-24,30H,17-20H2,1-8H3,(H,39,48)(H2,40,41,42,49)/t30-,38-/m1/s1. The molecular weight excluding hydrogens is 648 g/mol. The lowest BCUT2D eigenvalue weighted by Crippen LogP contribution is -2.49. The Bertz CT molecular complexity index is 1930. The fraction of sp³-hybridized carbons (Fsp3) is 0.421. The molecule has 0 unspecified atom stereocenters. The Balaban J connectivity index is 1.35. The molecule has 0 saturated carbocycles. The quantitative estimate of drug-likeness (QED) is 0.138. The summed E-state index contributed by atoms with van der Waals surface area (Å²) in [6, 6.07) is 13.6. The molecule has 13 nitrogen and oxygen atoms in total. The summed E-state index contributed by atoms with van der Waals surface area (Å²) in [7, 11) is 3.60. The number of ether oxygens (including phenoxy) is 2. The number of benzene rings is 1. The van der Waals surface area contributed by atoms with E-state index in [1.165, 1.54) is 6.07 Å². The minimum atomic E-state index is -1.48. The Kier molecular flexibility index (Phi) is 10.9. The third kappa shape index (κ3) is 8.61. The van der Waals surface area contributed by atoms with Gasteiger partial charge >= 0.3 is 6.03 Å². The zero-order valence-electron chi connectivity index (χ0n) is 30.6. The van der Waals surface area contributed by atoms with E-state index in [0.29, 0.717) is 54.3 Å². The van der Waals surface area contributed by atoms with E-state index in [4.69, 9.17) is 9.47 Å². The number of nitrogens with one attached hydrogen (secondary N) is 3. The first-order chi connectivity index (χ1) is 24.1. The van der Waals surface area contributed by atoms with Crippen molar-refractivity contribution in [2.75, 3.05) is 45.7 Å². The highest BCUT2D eigenvalue weighted by atomic mass is 16.5. The van der Waals surface area contributed by atoms with Crippen molar-refractivity contribution in [3.05, 3.63) is 95.2 Å². The van der Waals surface area contributed by atoms with Crippen LogP contribution in [0.2, 0.25) is 0 Å². The van der Waals surface area contributed by atoms with Gasteiger partial charge in [-0.3, -0.25) is 14.0 Å². The van der Waals surface area contributed by atoms with Crippen LogP contribution in [0.3, 0.4) is 0 Å². The van der Waals surface area contributed by atoms with Crippen molar-refractivity contribution in [3.8, 4) is 5.75 Å². The van der Waals surface area contributed by atoms with Gasteiger partial charge in [-0.25, -0.2) is 9.78 Å². The molecule has 3 N–H and O–H groups in total. The molecule has 51 heavy (non-hydrogen) atoms. The first-order valence-corrected chi connectivity index (χ1v) is 17.0. The molecule has 0 saturated heterocycles. The fourth-order valence-corrected chi connectivity index (χ4v) is 5.76. The monoisotopic (exact) mass is 696 g/mol. The molecule has 270 valence electrons. The van der Waals surface area contributed by atoms with Gasteiger partial charge in [-0.05, 0) is 49.0 Å². The zero-order chi connectivity index (χ0) is 37.0. The van der Waals surface area contributed by atoms with E-state index in [0.717, 1.165) is 17.9 Å². The molecule has 0 bridgehead atoms. The van der Waals surface area contributed by atoms with Gasteiger partial charge in [0.15, 0.2) is 11.9 Å². The van der Waals surface area contributed by atoms with Crippen LogP contribution in [0.15, 0.2) is 66.9 Å². The van der Waals surface area contributed by atoms with Crippen LogP contribution in [-0.4, -0.2) is 83.1 Å². The molecule has 1 aliphatic carbocycles. The minimum absolute atomic E-state index is 0.171. The number of hydrogen-bond acceptors (Lipinski definition) is 9. The molecule has 0 radical (unpaired) electrons. The summed E-state index contributed by atoms with van der Waals surface area (Å²) in [6.45, 7) is 14.5. The predicted octanol–water partition coefficient (Wildman–Crippen LogP) is 4.93. The summed E-state index contributed by atoms with van der Waals surface area (Å²) >= 11 is 0. The van der Waals surface area contributed by atoms with E-state index in [2.05, 4.69) is 56.8 Å². The molecule has 4 aromatic rings. The van der Waals surface area contributed by atoms with Gasteiger partial charge in [-0.15, -0.1) is 10.2 Å². The van der Waals surface area contributed by atoms with Crippen molar-refractivity contribution in [2.24, 2.45) is 0 Å². The van der Waals surface area contributed by atoms with Crippen LogP contribution in [0, 0.1) is 0 Å². The Hall–Kier alpha value is -5.14. The van der Waals surface area contributed by atoms with Gasteiger partial charge in [-0.1, -0.05) is 65.8 Å². The van der Waals surface area contributed by atoms with Crippen molar-refractivity contribution in [1.82, 2.24) is 35.1 Å². The van der Waals surface area contributed by atoms with Gasteiger partial charge in [0.25, 0.3) is 5.91 Å². The largest absolute Gasteiger partial charge is 0.480 e. The number of nitrogens with zero attached hydrogens (tertiary/aromatic N) is 5. The predicted molar refractivity (Wildman–Crippen MR) is 195 cm³/mol. The number of likely N-dealkylation sites (N-methyl/N-ethyl adjacent to an activating group) is 1. The number of hydrogen-bond donors (Lipinski definition) is 3. The third-order valence-corrected chi connectivity index (χ3v) is 8.60. The molecule has 0 fully saturated rings. The maximum Gasteiger partial charge on any atom is 0.320 e. The summed E-state index contributed by atoms with van der Waals surface area (Å²) in [4.78, 5) is 46.3. The van der Waals surface area contributed by atoms with Crippen LogP contribution in [0.25, 0.3) is 5.65 Å². The first-order valence-electron chi connectivity index (χ1n) is 17.0. The van der Waals surface area contributed by atoms with E-state index in [9.17, 15) is 14.4 Å². The maximum atomic E-state index is 13.6. The number of carbonyl (C=O) groups is 3. The van der Waals surface area contributed by atoms with Crippen LogP contribution in [0.4, 0.5) is 10.5 Å². The highest BCUT2D eigenvalue weighted by molar-refractivity contribution is 5.96. The number of aldehydes is 1. The van der Waals surface area contributed by atoms with E-state index in [1.807, 2.05) is 68.7 Å². The Labute approximate surface area is 298 Å². The second kappa shape index (κ2) is 15.0. The van der Waals surface area contributed by atoms with Crippen LogP contribution in [0.5, 0.6) is 5.75 Å². The maximum absolute atomic E-state index is 13.6. The highest BCUT2D eigenvalue weighted by Gasteiger charge is 2.38. The first kappa shape index (κ1) is 37.1. The van der Waals surface area contributed by atoms with Gasteiger partial charge < -0.3 is 30.3 Å². The second-order valence-electron chi connectivity index (χ2n) is 14.8. The highest BCUT2D eigenvalue weighted by Crippen LogP contribution is 2.37. The normalized spacial score (nSPS) is 17.2. The Morgan fingerprint density at radius 1 is 1.02 bits per heavy atom. The lowest BCUT2D eigenvalue weighted by atomic mass is 9.81. The average Bonchev–Trinajstić information content (AvgIpc) is 3.52. The number of pyridine rings is 2. The van der Waals surface area contributed by atoms with Gasteiger partial charge in [0.05, 0.1) is 12.8 Å². The molecule has 13 heteroatoms. The summed E-state index contributed by atoms with van der Waals surface area (Å²) in [6.07, 6.45) is 5.42. The van der Waals surface area contributed by atoms with Crippen LogP contribution in [0.1, 0.15) is 80.8 Å². The molecule has 5 rings (SSSR count). The van der Waals surface area contributed by atoms with Crippen LogP contribution >= 0.6 is 0 Å². The van der Waals surface area contributed by atoms with Gasteiger partial charge in [-0.2, -0.15) is 0 Å². The number of aromatic nitrogens is 4. The molecule has 3 heterocycles. The van der Waals surface area contributed by atoms with Crippen molar-refractivity contribution in [3.63, 3.8) is 0 Å². The molecule has 1 aromatic carbocycles. The summed E-state index contributed by atoms with van der Waals surface area (Å²) in [5.74, 6) is 1.03. The smallest absolute Gasteiger partial charge is 0.320 e. The topological polar surface area (TPSA) is 152 Å². The number of carbonyl (C=O) groups excluding carboxylic acids is 3. The molecular formula is C38H48N8O5. The summed E-state index contributed by atoms with van der Waals surface area (Å²) in [5.41, 5.74) is 1.03. The van der Waals surface area contributed by atoms with E-state index >= 15 is 0 Å². The average molecular weight is 697 g/mol. The van der Waals surface area contributed by atoms with Crippen molar-refractivity contribution in [2.45, 2.75) is 64.0 Å².